The van der Waals surface area contributed by atoms with Crippen molar-refractivity contribution in [1.29, 1.82) is 0 Å². The lowest BCUT2D eigenvalue weighted by Crippen LogP contribution is -2.45. The predicted octanol–water partition coefficient (Wildman–Crippen LogP) is 4.26. The minimum atomic E-state index is -1.05. The second-order valence-electron chi connectivity index (χ2n) is 6.48. The van der Waals surface area contributed by atoms with E-state index in [0.717, 1.165) is 18.7 Å². The molecule has 0 aromatic rings. The molecule has 0 radical (unpaired) electrons. The summed E-state index contributed by atoms with van der Waals surface area (Å²) < 4.78 is 0. The maximum Gasteiger partial charge on any atom is 0.253 e. The van der Waals surface area contributed by atoms with Crippen LogP contribution in [-0.2, 0) is 4.79 Å². The largest absolute Gasteiger partial charge is 0.339 e. The number of amides is 1. The molecule has 0 bridgehead atoms. The fourth-order valence-electron chi connectivity index (χ4n) is 2.46. The van der Waals surface area contributed by atoms with E-state index in [-0.39, 0.29) is 5.91 Å². The minimum Gasteiger partial charge on any atom is -0.339 e. The first kappa shape index (κ1) is 16.5. The van der Waals surface area contributed by atoms with E-state index in [1.807, 2.05) is 71.7 Å². The molecule has 1 fully saturated rings. The highest BCUT2D eigenvalue weighted by Crippen LogP contribution is 2.23. The molecule has 0 spiro atoms. The number of hydrogen-bond donors (Lipinski definition) is 0. The van der Waals surface area contributed by atoms with Crippen LogP contribution in [-0.4, -0.2) is 32.0 Å². The summed E-state index contributed by atoms with van der Waals surface area (Å²) >= 11 is 0. The number of nitrogens with zero attached hydrogens (tertiary/aromatic N) is 1. The van der Waals surface area contributed by atoms with E-state index in [2.05, 4.69) is 13.1 Å². The fraction of sp³-hybridized carbons (Fsp3) is 0.316. The Bertz CT molecular complexity index is 566. The summed E-state index contributed by atoms with van der Waals surface area (Å²) in [6.45, 7) is 6.64. The molecular formula is C19H25NOSi. The zero-order valence-corrected chi connectivity index (χ0v) is 14.5. The lowest BCUT2D eigenvalue weighted by Gasteiger charge is -2.35. The van der Waals surface area contributed by atoms with Crippen molar-refractivity contribution in [3.8, 4) is 0 Å². The first-order valence-electron chi connectivity index (χ1n) is 7.93. The van der Waals surface area contributed by atoms with Gasteiger partial charge in [-0.1, -0.05) is 67.8 Å². The number of carbonyl (C=O) groups is 1. The lowest BCUT2D eigenvalue weighted by atomic mass is 10.1. The van der Waals surface area contributed by atoms with Gasteiger partial charge >= 0.3 is 0 Å². The van der Waals surface area contributed by atoms with Gasteiger partial charge < -0.3 is 4.90 Å². The third-order valence-electron chi connectivity index (χ3n) is 4.09. The van der Waals surface area contributed by atoms with Crippen LogP contribution in [0.4, 0.5) is 0 Å². The third-order valence-corrected chi connectivity index (χ3v) is 7.25. The van der Waals surface area contributed by atoms with Crippen molar-refractivity contribution in [3.05, 3.63) is 72.4 Å². The normalized spacial score (nSPS) is 30.8. The summed E-state index contributed by atoms with van der Waals surface area (Å²) in [6, 6.07) is 2.41. The van der Waals surface area contributed by atoms with E-state index in [1.165, 1.54) is 12.1 Å². The Morgan fingerprint density at radius 1 is 0.864 bits per heavy atom. The highest BCUT2D eigenvalue weighted by molar-refractivity contribution is 6.77. The Kier molecular flexibility index (Phi) is 5.96. The summed E-state index contributed by atoms with van der Waals surface area (Å²) in [5, 5.41) is 0. The van der Waals surface area contributed by atoms with Gasteiger partial charge in [-0.2, -0.15) is 0 Å². The monoisotopic (exact) mass is 311 g/mol. The van der Waals surface area contributed by atoms with E-state index in [1.54, 1.807) is 0 Å². The van der Waals surface area contributed by atoms with Crippen molar-refractivity contribution in [2.45, 2.75) is 25.2 Å². The molecule has 2 rings (SSSR count). The van der Waals surface area contributed by atoms with Crippen molar-refractivity contribution in [3.63, 3.8) is 0 Å². The minimum absolute atomic E-state index is 0.149. The molecule has 2 nitrogen and oxygen atoms in total. The van der Waals surface area contributed by atoms with Crippen LogP contribution in [0.3, 0.4) is 0 Å². The van der Waals surface area contributed by atoms with Crippen LogP contribution < -0.4 is 0 Å². The molecule has 1 saturated heterocycles. The van der Waals surface area contributed by atoms with Gasteiger partial charge in [0.15, 0.2) is 0 Å². The zero-order chi connectivity index (χ0) is 15.8. The van der Waals surface area contributed by atoms with E-state index in [0.29, 0.717) is 0 Å². The van der Waals surface area contributed by atoms with Crippen LogP contribution in [0.1, 0.15) is 0 Å². The molecule has 2 aliphatic rings. The van der Waals surface area contributed by atoms with E-state index in [4.69, 9.17) is 0 Å². The third kappa shape index (κ3) is 5.15. The molecule has 0 saturated carbocycles. The van der Waals surface area contributed by atoms with E-state index >= 15 is 0 Å². The molecule has 0 unspecified atom stereocenters. The summed E-state index contributed by atoms with van der Waals surface area (Å²) in [7, 11) is -1.05. The molecule has 1 amide bonds. The predicted molar refractivity (Wildman–Crippen MR) is 97.5 cm³/mol. The second kappa shape index (κ2) is 7.94. The van der Waals surface area contributed by atoms with Crippen LogP contribution in [0.15, 0.2) is 72.4 Å². The summed E-state index contributed by atoms with van der Waals surface area (Å²) in [5.74, 6) is 0.149. The van der Waals surface area contributed by atoms with Crippen LogP contribution in [0.25, 0.3) is 0 Å². The Hall–Kier alpha value is -1.87. The fourth-order valence-corrected chi connectivity index (χ4v) is 4.46. The summed E-state index contributed by atoms with van der Waals surface area (Å²) in [4.78, 5) is 14.7. The highest BCUT2D eigenvalue weighted by Gasteiger charge is 2.29. The van der Waals surface area contributed by atoms with Gasteiger partial charge in [-0.25, -0.2) is 0 Å². The Morgan fingerprint density at radius 2 is 1.36 bits per heavy atom. The Labute approximate surface area is 134 Å². The molecule has 116 valence electrons. The molecule has 0 aromatic heterocycles. The molecule has 0 atom stereocenters. The standard InChI is InChI=1S/C19H25NOSi/c1-22(2)16-14-20(15-17-22)19(21)18-12-10-8-6-4-3-5-7-9-11-13-18/h3-13H,14-17H2,1-2H3/b4-3-,5-3?,6-4?,7-5-,8-6-,9-7?,10-8?,11-9-,12-10-,13-11?,18-12?,18-13+. The second-order valence-corrected chi connectivity index (χ2v) is 11.8. The van der Waals surface area contributed by atoms with E-state index in [9.17, 15) is 4.79 Å². The number of rotatable bonds is 1. The average Bonchev–Trinajstić information content (AvgIpc) is 2.47. The molecule has 3 heteroatoms. The topological polar surface area (TPSA) is 20.3 Å². The molecular weight excluding hydrogens is 286 g/mol. The smallest absolute Gasteiger partial charge is 0.253 e. The lowest BCUT2D eigenvalue weighted by molar-refractivity contribution is -0.126. The summed E-state index contributed by atoms with van der Waals surface area (Å²) in [5.41, 5.74) is 0.750. The first-order chi connectivity index (χ1) is 10.6. The zero-order valence-electron chi connectivity index (χ0n) is 13.5. The average molecular weight is 312 g/mol. The number of carbonyl (C=O) groups excluding carboxylic acids is 1. The van der Waals surface area contributed by atoms with Crippen LogP contribution in [0.2, 0.25) is 25.2 Å². The maximum absolute atomic E-state index is 12.7. The highest BCUT2D eigenvalue weighted by atomic mass is 28.3. The van der Waals surface area contributed by atoms with Crippen LogP contribution in [0, 0.1) is 0 Å². The molecule has 0 aromatic carbocycles. The molecule has 1 aliphatic carbocycles. The first-order valence-corrected chi connectivity index (χ1v) is 11.3. The van der Waals surface area contributed by atoms with Gasteiger partial charge in [-0.05, 0) is 24.2 Å². The SMILES string of the molecule is C[Si]1(C)CCN(C(=O)C2=C/C=C\C=C/C=C\C=C/C=C\2)CC1. The van der Waals surface area contributed by atoms with Gasteiger partial charge in [0.05, 0.1) is 8.07 Å². The van der Waals surface area contributed by atoms with Crippen LogP contribution in [0.5, 0.6) is 0 Å². The van der Waals surface area contributed by atoms with Crippen molar-refractivity contribution >= 4 is 14.0 Å². The quantitative estimate of drug-likeness (QED) is 0.663. The van der Waals surface area contributed by atoms with Gasteiger partial charge in [0, 0.05) is 18.7 Å². The van der Waals surface area contributed by atoms with Crippen molar-refractivity contribution in [2.24, 2.45) is 0 Å². The molecule has 0 N–H and O–H groups in total. The maximum atomic E-state index is 12.7. The van der Waals surface area contributed by atoms with Crippen LogP contribution >= 0.6 is 0 Å². The number of allylic oxidation sites excluding steroid dienone is 10. The van der Waals surface area contributed by atoms with Crippen molar-refractivity contribution in [2.75, 3.05) is 13.1 Å². The Balaban J connectivity index is 2.11. The summed E-state index contributed by atoms with van der Waals surface area (Å²) in [6.07, 6.45) is 21.4. The van der Waals surface area contributed by atoms with Crippen molar-refractivity contribution in [1.82, 2.24) is 4.90 Å². The van der Waals surface area contributed by atoms with E-state index < -0.39 is 8.07 Å². The molecule has 1 aliphatic heterocycles. The van der Waals surface area contributed by atoms with Gasteiger partial charge in [-0.3, -0.25) is 4.79 Å². The van der Waals surface area contributed by atoms with Crippen molar-refractivity contribution < 1.29 is 4.79 Å². The molecule has 22 heavy (non-hydrogen) atoms. The van der Waals surface area contributed by atoms with Gasteiger partial charge in [0.1, 0.15) is 0 Å². The Morgan fingerprint density at radius 3 is 1.95 bits per heavy atom. The number of hydrogen-bond acceptors (Lipinski definition) is 1. The van der Waals surface area contributed by atoms with Gasteiger partial charge in [0.25, 0.3) is 5.91 Å². The molecule has 1 heterocycles. The van der Waals surface area contributed by atoms with Gasteiger partial charge in [0.2, 0.25) is 0 Å². The van der Waals surface area contributed by atoms with Gasteiger partial charge in [-0.15, -0.1) is 0 Å².